The normalized spacial score (nSPS) is 14.5. The number of rotatable bonds is 2. The summed E-state index contributed by atoms with van der Waals surface area (Å²) >= 11 is 0. The van der Waals surface area contributed by atoms with Gasteiger partial charge in [0, 0.05) is 29.6 Å². The molecular formula is C14H18ClN3O. The molecule has 19 heavy (non-hydrogen) atoms. The average Bonchev–Trinajstić information content (AvgIpc) is 2.55. The Morgan fingerprint density at radius 1 is 1.26 bits per heavy atom. The van der Waals surface area contributed by atoms with Crippen LogP contribution in [-0.4, -0.2) is 23.6 Å². The summed E-state index contributed by atoms with van der Waals surface area (Å²) in [6.07, 6.45) is 1.97. The first-order valence-electron chi connectivity index (χ1n) is 6.35. The molecule has 1 aromatic carbocycles. The number of carbonyl (C=O) groups is 1. The van der Waals surface area contributed by atoms with Crippen molar-refractivity contribution in [1.29, 1.82) is 0 Å². The van der Waals surface area contributed by atoms with Crippen LogP contribution < -0.4 is 11.1 Å². The number of aromatic nitrogens is 1. The zero-order valence-electron chi connectivity index (χ0n) is 10.7. The SMILES string of the molecule is Cl.NC(=O)Cn1c2c(c3ccccc31)CCNCC2. The fraction of sp³-hybridized carbons (Fsp3) is 0.357. The van der Waals surface area contributed by atoms with Crippen molar-refractivity contribution in [2.24, 2.45) is 5.73 Å². The number of nitrogens with zero attached hydrogens (tertiary/aromatic N) is 1. The summed E-state index contributed by atoms with van der Waals surface area (Å²) < 4.78 is 2.08. The summed E-state index contributed by atoms with van der Waals surface area (Å²) in [5.74, 6) is -0.282. The van der Waals surface area contributed by atoms with Crippen LogP contribution in [-0.2, 0) is 24.2 Å². The second-order valence-corrected chi connectivity index (χ2v) is 4.74. The number of carbonyl (C=O) groups excluding carboxylic acids is 1. The minimum Gasteiger partial charge on any atom is -0.368 e. The van der Waals surface area contributed by atoms with Gasteiger partial charge in [0.2, 0.25) is 5.91 Å². The van der Waals surface area contributed by atoms with Gasteiger partial charge in [-0.05, 0) is 24.6 Å². The van der Waals surface area contributed by atoms with Gasteiger partial charge < -0.3 is 15.6 Å². The number of halogens is 1. The van der Waals surface area contributed by atoms with Gasteiger partial charge in [0.25, 0.3) is 0 Å². The molecule has 0 atom stereocenters. The van der Waals surface area contributed by atoms with Crippen molar-refractivity contribution in [2.45, 2.75) is 19.4 Å². The first kappa shape index (κ1) is 13.9. The summed E-state index contributed by atoms with van der Waals surface area (Å²) in [4.78, 5) is 11.3. The molecule has 1 aliphatic heterocycles. The fourth-order valence-electron chi connectivity index (χ4n) is 2.87. The molecule has 0 aliphatic carbocycles. The third-order valence-corrected chi connectivity index (χ3v) is 3.60. The minimum atomic E-state index is -0.282. The summed E-state index contributed by atoms with van der Waals surface area (Å²) in [7, 11) is 0. The van der Waals surface area contributed by atoms with Crippen LogP contribution in [0.15, 0.2) is 24.3 Å². The van der Waals surface area contributed by atoms with Gasteiger partial charge in [0.05, 0.1) is 0 Å². The Kier molecular flexibility index (Phi) is 4.12. The predicted molar refractivity (Wildman–Crippen MR) is 78.7 cm³/mol. The molecule has 1 amide bonds. The number of para-hydroxylation sites is 1. The molecule has 4 nitrogen and oxygen atoms in total. The largest absolute Gasteiger partial charge is 0.368 e. The van der Waals surface area contributed by atoms with Crippen molar-refractivity contribution in [3.05, 3.63) is 35.5 Å². The van der Waals surface area contributed by atoms with Gasteiger partial charge in [-0.2, -0.15) is 0 Å². The topological polar surface area (TPSA) is 60.1 Å². The molecule has 0 fully saturated rings. The van der Waals surface area contributed by atoms with Gasteiger partial charge in [-0.15, -0.1) is 12.4 Å². The fourth-order valence-corrected chi connectivity index (χ4v) is 2.87. The molecular weight excluding hydrogens is 262 g/mol. The number of nitrogens with one attached hydrogen (secondary N) is 1. The zero-order chi connectivity index (χ0) is 12.5. The van der Waals surface area contributed by atoms with Crippen LogP contribution in [0.3, 0.4) is 0 Å². The van der Waals surface area contributed by atoms with Gasteiger partial charge in [0.1, 0.15) is 6.54 Å². The number of primary amides is 1. The van der Waals surface area contributed by atoms with E-state index in [1.807, 2.05) is 6.07 Å². The highest BCUT2D eigenvalue weighted by molar-refractivity contribution is 5.87. The number of benzene rings is 1. The lowest BCUT2D eigenvalue weighted by atomic mass is 10.1. The Balaban J connectivity index is 0.00000133. The van der Waals surface area contributed by atoms with Crippen LogP contribution in [0.4, 0.5) is 0 Å². The molecule has 0 spiro atoms. The molecule has 0 saturated carbocycles. The van der Waals surface area contributed by atoms with Crippen LogP contribution in [0.5, 0.6) is 0 Å². The lowest BCUT2D eigenvalue weighted by molar-refractivity contribution is -0.118. The maximum atomic E-state index is 11.3. The van der Waals surface area contributed by atoms with Crippen molar-refractivity contribution >= 4 is 29.2 Å². The van der Waals surface area contributed by atoms with Gasteiger partial charge in [-0.3, -0.25) is 4.79 Å². The highest BCUT2D eigenvalue weighted by Crippen LogP contribution is 2.27. The molecule has 0 saturated heterocycles. The second-order valence-electron chi connectivity index (χ2n) is 4.74. The number of hydrogen-bond acceptors (Lipinski definition) is 2. The van der Waals surface area contributed by atoms with E-state index in [0.29, 0.717) is 0 Å². The van der Waals surface area contributed by atoms with Gasteiger partial charge >= 0.3 is 0 Å². The van der Waals surface area contributed by atoms with Gasteiger partial charge in [0.15, 0.2) is 0 Å². The molecule has 0 radical (unpaired) electrons. The molecule has 0 bridgehead atoms. The van der Waals surface area contributed by atoms with E-state index in [1.165, 1.54) is 16.6 Å². The number of amides is 1. The smallest absolute Gasteiger partial charge is 0.237 e. The number of hydrogen-bond donors (Lipinski definition) is 2. The van der Waals surface area contributed by atoms with E-state index < -0.39 is 0 Å². The number of nitrogens with two attached hydrogens (primary N) is 1. The van der Waals surface area contributed by atoms with Crippen molar-refractivity contribution in [3.63, 3.8) is 0 Å². The van der Waals surface area contributed by atoms with Crippen LogP contribution in [0.2, 0.25) is 0 Å². The van der Waals surface area contributed by atoms with E-state index >= 15 is 0 Å². The number of fused-ring (bicyclic) bond motifs is 3. The first-order chi connectivity index (χ1) is 8.77. The average molecular weight is 280 g/mol. The zero-order valence-corrected chi connectivity index (χ0v) is 11.5. The standard InChI is InChI=1S/C14H17N3O.ClH/c15-14(18)9-17-12-4-2-1-3-10(12)11-5-7-16-8-6-13(11)17;/h1-4,16H,5-9H2,(H2,15,18);1H. The maximum absolute atomic E-state index is 11.3. The lowest BCUT2D eigenvalue weighted by Crippen LogP contribution is -2.21. The molecule has 5 heteroatoms. The van der Waals surface area contributed by atoms with E-state index in [2.05, 4.69) is 28.1 Å². The van der Waals surface area contributed by atoms with E-state index in [9.17, 15) is 4.79 Å². The Morgan fingerprint density at radius 2 is 2.00 bits per heavy atom. The minimum absolute atomic E-state index is 0. The van der Waals surface area contributed by atoms with Crippen molar-refractivity contribution in [3.8, 4) is 0 Å². The predicted octanol–water partition coefficient (Wildman–Crippen LogP) is 1.24. The third kappa shape index (κ3) is 2.46. The summed E-state index contributed by atoms with van der Waals surface area (Å²) in [6, 6.07) is 8.27. The van der Waals surface area contributed by atoms with Crippen LogP contribution in [0.25, 0.3) is 10.9 Å². The third-order valence-electron chi connectivity index (χ3n) is 3.60. The monoisotopic (exact) mass is 279 g/mol. The summed E-state index contributed by atoms with van der Waals surface area (Å²) in [5, 5.41) is 4.66. The molecule has 2 aromatic rings. The Bertz CT molecular complexity index is 606. The molecule has 1 aliphatic rings. The molecule has 102 valence electrons. The van der Waals surface area contributed by atoms with Gasteiger partial charge in [-0.1, -0.05) is 18.2 Å². The van der Waals surface area contributed by atoms with Gasteiger partial charge in [-0.25, -0.2) is 0 Å². The highest BCUT2D eigenvalue weighted by Gasteiger charge is 2.18. The van der Waals surface area contributed by atoms with Crippen LogP contribution in [0, 0.1) is 0 Å². The molecule has 3 N–H and O–H groups in total. The van der Waals surface area contributed by atoms with Crippen LogP contribution >= 0.6 is 12.4 Å². The second kappa shape index (κ2) is 5.63. The Labute approximate surface area is 118 Å². The van der Waals surface area contributed by atoms with E-state index in [1.54, 1.807) is 0 Å². The molecule has 1 aromatic heterocycles. The van der Waals surface area contributed by atoms with E-state index in [0.717, 1.165) is 31.4 Å². The van der Waals surface area contributed by atoms with Crippen molar-refractivity contribution in [2.75, 3.05) is 13.1 Å². The summed E-state index contributed by atoms with van der Waals surface area (Å²) in [5.41, 5.74) is 9.14. The molecule has 3 rings (SSSR count). The Hall–Kier alpha value is -1.52. The molecule has 0 unspecified atom stereocenters. The van der Waals surface area contributed by atoms with Crippen molar-refractivity contribution in [1.82, 2.24) is 9.88 Å². The maximum Gasteiger partial charge on any atom is 0.237 e. The first-order valence-corrected chi connectivity index (χ1v) is 6.35. The summed E-state index contributed by atoms with van der Waals surface area (Å²) in [6.45, 7) is 2.23. The van der Waals surface area contributed by atoms with E-state index in [4.69, 9.17) is 5.73 Å². The van der Waals surface area contributed by atoms with Crippen molar-refractivity contribution < 1.29 is 4.79 Å². The highest BCUT2D eigenvalue weighted by atomic mass is 35.5. The Morgan fingerprint density at radius 3 is 2.79 bits per heavy atom. The van der Waals surface area contributed by atoms with E-state index in [-0.39, 0.29) is 24.9 Å². The quantitative estimate of drug-likeness (QED) is 0.869. The molecule has 2 heterocycles. The van der Waals surface area contributed by atoms with Crippen LogP contribution in [0.1, 0.15) is 11.3 Å². The lowest BCUT2D eigenvalue weighted by Gasteiger charge is -2.08.